The normalized spacial score (nSPS) is 13.8. The van der Waals surface area contributed by atoms with E-state index in [0.717, 1.165) is 22.3 Å². The zero-order valence-corrected chi connectivity index (χ0v) is 30.1. The molecule has 0 heterocycles. The largest absolute Gasteiger partial charge is 0.378 e. The highest BCUT2D eigenvalue weighted by Crippen LogP contribution is 2.42. The van der Waals surface area contributed by atoms with Crippen LogP contribution in [0.25, 0.3) is 0 Å². The molecule has 0 aliphatic rings. The lowest BCUT2D eigenvalue weighted by molar-refractivity contribution is -0.144. The molecule has 4 rings (SSSR count). The average molecular weight is 649 g/mol. The van der Waals surface area contributed by atoms with Crippen molar-refractivity contribution in [2.75, 3.05) is 0 Å². The summed E-state index contributed by atoms with van der Waals surface area (Å²) in [6.07, 6.45) is 0. The zero-order chi connectivity index (χ0) is 35.7. The van der Waals surface area contributed by atoms with Crippen LogP contribution < -0.4 is 10.6 Å². The lowest BCUT2D eigenvalue weighted by Gasteiger charge is -2.46. The molecular weight excluding hydrogens is 596 g/mol. The molecule has 6 heteroatoms. The van der Waals surface area contributed by atoms with Crippen molar-refractivity contribution >= 4 is 11.8 Å². The van der Waals surface area contributed by atoms with E-state index >= 15 is 0 Å². The third-order valence-corrected chi connectivity index (χ3v) is 9.29. The predicted octanol–water partition coefficient (Wildman–Crippen LogP) is 7.15. The van der Waals surface area contributed by atoms with Gasteiger partial charge in [-0.3, -0.25) is 9.59 Å². The molecule has 0 saturated carbocycles. The van der Waals surface area contributed by atoms with Gasteiger partial charge in [-0.2, -0.15) is 0 Å². The van der Waals surface area contributed by atoms with Crippen molar-refractivity contribution in [3.05, 3.63) is 142 Å². The standard InChI is InChI=1S/C42H52N2O4/c1-27-11-19-31(20-12-27)41(47,32-21-13-28(2)14-22-32)37(39(5,6)7)43-35(45)36(46)44-38(40(8,9)10)42(48,33-23-15-29(3)16-24-33)34-25-17-30(4)18-26-34/h11-26,37-38,47-48H,1-10H3,(H,43,45)(H,44,46)/t37-,38-/m1/s1. The van der Waals surface area contributed by atoms with Gasteiger partial charge in [0.25, 0.3) is 0 Å². The maximum Gasteiger partial charge on any atom is 0.309 e. The molecule has 48 heavy (non-hydrogen) atoms. The summed E-state index contributed by atoms with van der Waals surface area (Å²) < 4.78 is 0. The molecule has 0 aliphatic carbocycles. The maximum atomic E-state index is 14.1. The summed E-state index contributed by atoms with van der Waals surface area (Å²) in [5.74, 6) is -1.81. The number of aliphatic hydroxyl groups is 2. The van der Waals surface area contributed by atoms with Crippen molar-refractivity contribution in [1.29, 1.82) is 0 Å². The third-order valence-electron chi connectivity index (χ3n) is 9.29. The van der Waals surface area contributed by atoms with Gasteiger partial charge >= 0.3 is 11.8 Å². The summed E-state index contributed by atoms with van der Waals surface area (Å²) in [5, 5.41) is 31.4. The Morgan fingerprint density at radius 2 is 0.625 bits per heavy atom. The number of aryl methyl sites for hydroxylation is 4. The molecule has 4 N–H and O–H groups in total. The van der Waals surface area contributed by atoms with Crippen molar-refractivity contribution in [3.63, 3.8) is 0 Å². The predicted molar refractivity (Wildman–Crippen MR) is 193 cm³/mol. The minimum atomic E-state index is -1.68. The number of benzene rings is 4. The van der Waals surface area contributed by atoms with Crippen molar-refractivity contribution < 1.29 is 19.8 Å². The van der Waals surface area contributed by atoms with Crippen LogP contribution in [-0.2, 0) is 20.8 Å². The summed E-state index contributed by atoms with van der Waals surface area (Å²) in [6, 6.07) is 28.4. The van der Waals surface area contributed by atoms with Gasteiger partial charge in [-0.05, 0) is 60.8 Å². The maximum absolute atomic E-state index is 14.1. The van der Waals surface area contributed by atoms with Crippen LogP contribution in [0.5, 0.6) is 0 Å². The molecule has 0 bridgehead atoms. The van der Waals surface area contributed by atoms with Gasteiger partial charge in [0.05, 0.1) is 12.1 Å². The topological polar surface area (TPSA) is 98.7 Å². The first-order valence-electron chi connectivity index (χ1n) is 16.6. The van der Waals surface area contributed by atoms with Gasteiger partial charge in [0.1, 0.15) is 11.2 Å². The van der Waals surface area contributed by atoms with E-state index < -0.39 is 45.9 Å². The van der Waals surface area contributed by atoms with E-state index in [0.29, 0.717) is 22.3 Å². The zero-order valence-electron chi connectivity index (χ0n) is 30.1. The number of rotatable bonds is 8. The molecule has 0 aliphatic heterocycles. The fourth-order valence-electron chi connectivity index (χ4n) is 6.52. The molecule has 0 aromatic heterocycles. The van der Waals surface area contributed by atoms with Crippen molar-refractivity contribution in [2.45, 2.75) is 92.5 Å². The van der Waals surface area contributed by atoms with Gasteiger partial charge in [-0.15, -0.1) is 0 Å². The number of amides is 2. The summed E-state index contributed by atoms with van der Waals surface area (Å²) in [5.41, 5.74) is 1.75. The minimum Gasteiger partial charge on any atom is -0.378 e. The summed E-state index contributed by atoms with van der Waals surface area (Å²) in [7, 11) is 0. The highest BCUT2D eigenvalue weighted by Gasteiger charge is 2.50. The van der Waals surface area contributed by atoms with Gasteiger partial charge < -0.3 is 20.8 Å². The highest BCUT2D eigenvalue weighted by molar-refractivity contribution is 6.35. The molecule has 2 atom stereocenters. The van der Waals surface area contributed by atoms with Crippen LogP contribution in [0.15, 0.2) is 97.1 Å². The van der Waals surface area contributed by atoms with Crippen molar-refractivity contribution in [2.24, 2.45) is 10.8 Å². The van der Waals surface area contributed by atoms with Gasteiger partial charge in [0, 0.05) is 0 Å². The first-order chi connectivity index (χ1) is 22.3. The molecule has 254 valence electrons. The lowest BCUT2D eigenvalue weighted by Crippen LogP contribution is -2.63. The molecule has 2 amide bonds. The van der Waals surface area contributed by atoms with E-state index in [9.17, 15) is 19.8 Å². The van der Waals surface area contributed by atoms with E-state index in [1.807, 2.05) is 166 Å². The number of carbonyl (C=O) groups excluding carboxylic acids is 2. The second-order valence-corrected chi connectivity index (χ2v) is 15.5. The molecule has 0 unspecified atom stereocenters. The van der Waals surface area contributed by atoms with Crippen LogP contribution in [0, 0.1) is 38.5 Å². The van der Waals surface area contributed by atoms with Crippen LogP contribution >= 0.6 is 0 Å². The van der Waals surface area contributed by atoms with Gasteiger partial charge in [0.15, 0.2) is 0 Å². The van der Waals surface area contributed by atoms with Gasteiger partial charge in [-0.1, -0.05) is 161 Å². The van der Waals surface area contributed by atoms with Crippen LogP contribution in [0.1, 0.15) is 86.1 Å². The summed E-state index contributed by atoms with van der Waals surface area (Å²) in [4.78, 5) is 28.1. The fraction of sp³-hybridized carbons (Fsp3) is 0.381. The first-order valence-corrected chi connectivity index (χ1v) is 16.6. The van der Waals surface area contributed by atoms with E-state index in [4.69, 9.17) is 0 Å². The van der Waals surface area contributed by atoms with Crippen molar-refractivity contribution in [3.8, 4) is 0 Å². The van der Waals surface area contributed by atoms with Crippen molar-refractivity contribution in [1.82, 2.24) is 10.6 Å². The number of carbonyl (C=O) groups is 2. The monoisotopic (exact) mass is 648 g/mol. The van der Waals surface area contributed by atoms with Crippen LogP contribution in [0.4, 0.5) is 0 Å². The Bertz CT molecular complexity index is 1490. The van der Waals surface area contributed by atoms with E-state index in [1.165, 1.54) is 0 Å². The molecule has 0 radical (unpaired) electrons. The Balaban J connectivity index is 1.78. The second kappa shape index (κ2) is 13.7. The molecule has 0 saturated heterocycles. The molecule has 6 nitrogen and oxygen atoms in total. The Kier molecular flexibility index (Phi) is 10.4. The molecule has 4 aromatic carbocycles. The summed E-state index contributed by atoms with van der Waals surface area (Å²) >= 11 is 0. The SMILES string of the molecule is Cc1ccc(C(O)(c2ccc(C)cc2)[C@H](NC(=O)C(=O)N[C@H](C(C)(C)C)C(O)(c2ccc(C)cc2)c2ccc(C)cc2)C(C)(C)C)cc1. The van der Waals surface area contributed by atoms with Crippen LogP contribution in [0.3, 0.4) is 0 Å². The number of hydrogen-bond acceptors (Lipinski definition) is 4. The average Bonchev–Trinajstić information content (AvgIpc) is 3.01. The quantitative estimate of drug-likeness (QED) is 0.153. The lowest BCUT2D eigenvalue weighted by atomic mass is 9.69. The van der Waals surface area contributed by atoms with E-state index in [1.54, 1.807) is 0 Å². The molecule has 0 fully saturated rings. The highest BCUT2D eigenvalue weighted by atomic mass is 16.3. The van der Waals surface area contributed by atoms with E-state index in [-0.39, 0.29) is 0 Å². The second-order valence-electron chi connectivity index (χ2n) is 15.5. The van der Waals surface area contributed by atoms with Gasteiger partial charge in [0.2, 0.25) is 0 Å². The van der Waals surface area contributed by atoms with E-state index in [2.05, 4.69) is 10.6 Å². The van der Waals surface area contributed by atoms with Crippen LogP contribution in [-0.4, -0.2) is 34.1 Å². The Labute approximate surface area is 286 Å². The first kappa shape index (κ1) is 36.6. The Hall–Kier alpha value is -4.26. The number of hydrogen-bond donors (Lipinski definition) is 4. The Morgan fingerprint density at radius 3 is 0.792 bits per heavy atom. The van der Waals surface area contributed by atoms with Gasteiger partial charge in [-0.25, -0.2) is 0 Å². The fourth-order valence-corrected chi connectivity index (χ4v) is 6.52. The molecule has 0 spiro atoms. The molecular formula is C42H52N2O4. The minimum absolute atomic E-state index is 0.596. The molecule has 4 aromatic rings. The Morgan fingerprint density at radius 1 is 0.438 bits per heavy atom. The van der Waals surface area contributed by atoms with Crippen LogP contribution in [0.2, 0.25) is 0 Å². The third kappa shape index (κ3) is 7.56. The summed E-state index contributed by atoms with van der Waals surface area (Å²) in [6.45, 7) is 19.4. The smallest absolute Gasteiger partial charge is 0.309 e. The number of nitrogens with one attached hydrogen (secondary N) is 2.